The highest BCUT2D eigenvalue weighted by Gasteiger charge is 2.38. The Morgan fingerprint density at radius 1 is 1.15 bits per heavy atom. The number of sulfonamides is 1. The van der Waals surface area contributed by atoms with E-state index in [4.69, 9.17) is 4.74 Å². The normalized spacial score (nSPS) is 19.3. The SMILES string of the molecule is COc1cccc(CN(C2CCS(=O)(=O)C2)S(=O)(=O)c2ccc(C)cc2)c1. The Balaban J connectivity index is 2.00. The van der Waals surface area contributed by atoms with Gasteiger partial charge in [0, 0.05) is 12.6 Å². The van der Waals surface area contributed by atoms with Crippen molar-refractivity contribution < 1.29 is 21.6 Å². The number of nitrogens with zero attached hydrogens (tertiary/aromatic N) is 1. The van der Waals surface area contributed by atoms with E-state index in [1.165, 1.54) is 4.31 Å². The number of rotatable bonds is 6. The van der Waals surface area contributed by atoms with Gasteiger partial charge in [-0.3, -0.25) is 0 Å². The molecule has 1 fully saturated rings. The van der Waals surface area contributed by atoms with Crippen LogP contribution in [-0.2, 0) is 26.4 Å². The zero-order chi connectivity index (χ0) is 19.7. The first-order valence-electron chi connectivity index (χ1n) is 8.63. The van der Waals surface area contributed by atoms with Crippen molar-refractivity contribution in [2.75, 3.05) is 18.6 Å². The van der Waals surface area contributed by atoms with Crippen molar-refractivity contribution in [1.82, 2.24) is 4.31 Å². The Labute approximate surface area is 160 Å². The van der Waals surface area contributed by atoms with Gasteiger partial charge in [-0.2, -0.15) is 4.31 Å². The lowest BCUT2D eigenvalue weighted by Crippen LogP contribution is -2.40. The van der Waals surface area contributed by atoms with Crippen LogP contribution in [0, 0.1) is 6.92 Å². The highest BCUT2D eigenvalue weighted by atomic mass is 32.2. The second-order valence-electron chi connectivity index (χ2n) is 6.77. The molecule has 0 bridgehead atoms. The summed E-state index contributed by atoms with van der Waals surface area (Å²) in [7, 11) is -5.52. The maximum absolute atomic E-state index is 13.3. The molecule has 146 valence electrons. The van der Waals surface area contributed by atoms with Gasteiger partial charge in [0.05, 0.1) is 23.5 Å². The minimum Gasteiger partial charge on any atom is -0.497 e. The maximum Gasteiger partial charge on any atom is 0.243 e. The Morgan fingerprint density at radius 2 is 1.85 bits per heavy atom. The Bertz CT molecular complexity index is 1010. The second-order valence-corrected chi connectivity index (χ2v) is 10.9. The van der Waals surface area contributed by atoms with Crippen LogP contribution >= 0.6 is 0 Å². The minimum atomic E-state index is -3.84. The van der Waals surface area contributed by atoms with Crippen molar-refractivity contribution in [3.05, 3.63) is 59.7 Å². The molecule has 0 spiro atoms. The summed E-state index contributed by atoms with van der Waals surface area (Å²) in [6, 6.07) is 13.2. The number of sulfone groups is 1. The zero-order valence-electron chi connectivity index (χ0n) is 15.3. The fourth-order valence-corrected chi connectivity index (χ4v) is 6.68. The van der Waals surface area contributed by atoms with Gasteiger partial charge in [0.25, 0.3) is 0 Å². The molecule has 3 rings (SSSR count). The van der Waals surface area contributed by atoms with Gasteiger partial charge in [-0.05, 0) is 43.2 Å². The van der Waals surface area contributed by atoms with Crippen LogP contribution in [0.3, 0.4) is 0 Å². The molecule has 0 amide bonds. The van der Waals surface area contributed by atoms with Crippen LogP contribution in [-0.4, -0.2) is 45.8 Å². The summed E-state index contributed by atoms with van der Waals surface area (Å²) < 4.78 is 57.1. The zero-order valence-corrected chi connectivity index (χ0v) is 17.0. The van der Waals surface area contributed by atoms with Gasteiger partial charge in [-0.15, -0.1) is 0 Å². The third-order valence-electron chi connectivity index (χ3n) is 4.72. The molecule has 0 radical (unpaired) electrons. The summed E-state index contributed by atoms with van der Waals surface area (Å²) in [5, 5.41) is 0. The van der Waals surface area contributed by atoms with Crippen LogP contribution in [0.2, 0.25) is 0 Å². The number of hydrogen-bond acceptors (Lipinski definition) is 5. The van der Waals surface area contributed by atoms with Gasteiger partial charge in [0.1, 0.15) is 5.75 Å². The number of hydrogen-bond donors (Lipinski definition) is 0. The molecule has 0 aromatic heterocycles. The minimum absolute atomic E-state index is 0.00962. The topological polar surface area (TPSA) is 80.8 Å². The lowest BCUT2D eigenvalue weighted by Gasteiger charge is -2.27. The summed E-state index contributed by atoms with van der Waals surface area (Å²) in [6.07, 6.45) is 0.303. The summed E-state index contributed by atoms with van der Waals surface area (Å²) in [4.78, 5) is 0.167. The lowest BCUT2D eigenvalue weighted by molar-refractivity contribution is 0.333. The molecule has 2 aromatic rings. The van der Waals surface area contributed by atoms with Crippen LogP contribution in [0.25, 0.3) is 0 Å². The van der Waals surface area contributed by atoms with Crippen LogP contribution in [0.15, 0.2) is 53.4 Å². The molecule has 6 nitrogen and oxygen atoms in total. The molecular formula is C19H23NO5S2. The first-order valence-corrected chi connectivity index (χ1v) is 11.9. The summed E-state index contributed by atoms with van der Waals surface area (Å²) in [5.74, 6) is 0.483. The summed E-state index contributed by atoms with van der Waals surface area (Å²) in [6.45, 7) is 1.97. The molecule has 0 saturated carbocycles. The fraction of sp³-hybridized carbons (Fsp3) is 0.368. The molecule has 1 atom stereocenters. The highest BCUT2D eigenvalue weighted by Crippen LogP contribution is 2.28. The number of methoxy groups -OCH3 is 1. The smallest absolute Gasteiger partial charge is 0.243 e. The summed E-state index contributed by atoms with van der Waals surface area (Å²) in [5.41, 5.74) is 1.70. The van der Waals surface area contributed by atoms with Crippen LogP contribution in [0.4, 0.5) is 0 Å². The summed E-state index contributed by atoms with van der Waals surface area (Å²) >= 11 is 0. The third-order valence-corrected chi connectivity index (χ3v) is 8.38. The van der Waals surface area contributed by atoms with Crippen molar-refractivity contribution in [3.63, 3.8) is 0 Å². The fourth-order valence-electron chi connectivity index (χ4n) is 3.21. The average Bonchev–Trinajstić information content (AvgIpc) is 2.99. The van der Waals surface area contributed by atoms with E-state index in [9.17, 15) is 16.8 Å². The monoisotopic (exact) mass is 409 g/mol. The van der Waals surface area contributed by atoms with E-state index < -0.39 is 25.9 Å². The highest BCUT2D eigenvalue weighted by molar-refractivity contribution is 7.92. The average molecular weight is 410 g/mol. The van der Waals surface area contributed by atoms with E-state index in [-0.39, 0.29) is 22.9 Å². The molecule has 0 N–H and O–H groups in total. The first-order chi connectivity index (χ1) is 12.7. The van der Waals surface area contributed by atoms with E-state index in [0.29, 0.717) is 12.2 Å². The standard InChI is InChI=1S/C19H23NO5S2/c1-15-6-8-19(9-7-15)27(23,24)20(17-10-11-26(21,22)14-17)13-16-4-3-5-18(12-16)25-2/h3-9,12,17H,10-11,13-14H2,1-2H3. The number of ether oxygens (including phenoxy) is 1. The van der Waals surface area contributed by atoms with Crippen LogP contribution < -0.4 is 4.74 Å². The molecule has 8 heteroatoms. The van der Waals surface area contributed by atoms with E-state index in [1.54, 1.807) is 49.6 Å². The molecule has 27 heavy (non-hydrogen) atoms. The Kier molecular flexibility index (Phi) is 5.60. The Hall–Kier alpha value is -1.90. The van der Waals surface area contributed by atoms with Crippen LogP contribution in [0.5, 0.6) is 5.75 Å². The molecule has 1 saturated heterocycles. The van der Waals surface area contributed by atoms with E-state index in [2.05, 4.69) is 0 Å². The predicted octanol–water partition coefficient (Wildman–Crippen LogP) is 2.38. The quantitative estimate of drug-likeness (QED) is 0.732. The molecule has 1 aliphatic rings. The van der Waals surface area contributed by atoms with Crippen molar-refractivity contribution in [3.8, 4) is 5.75 Å². The van der Waals surface area contributed by atoms with Crippen molar-refractivity contribution in [2.24, 2.45) is 0 Å². The van der Waals surface area contributed by atoms with Gasteiger partial charge in [-0.1, -0.05) is 29.8 Å². The van der Waals surface area contributed by atoms with Gasteiger partial charge < -0.3 is 4.74 Å². The van der Waals surface area contributed by atoms with E-state index in [0.717, 1.165) is 11.1 Å². The van der Waals surface area contributed by atoms with Crippen LogP contribution in [0.1, 0.15) is 17.5 Å². The third kappa shape index (κ3) is 4.51. The maximum atomic E-state index is 13.3. The first kappa shape index (κ1) is 19.9. The number of benzene rings is 2. The van der Waals surface area contributed by atoms with E-state index >= 15 is 0 Å². The molecule has 1 unspecified atom stereocenters. The predicted molar refractivity (Wildman–Crippen MR) is 104 cm³/mol. The van der Waals surface area contributed by atoms with Gasteiger partial charge in [-0.25, -0.2) is 16.8 Å². The van der Waals surface area contributed by atoms with E-state index in [1.807, 2.05) is 13.0 Å². The van der Waals surface area contributed by atoms with Gasteiger partial charge >= 0.3 is 0 Å². The lowest BCUT2D eigenvalue weighted by atomic mass is 10.2. The van der Waals surface area contributed by atoms with Crippen molar-refractivity contribution in [2.45, 2.75) is 30.8 Å². The van der Waals surface area contributed by atoms with Crippen molar-refractivity contribution in [1.29, 1.82) is 0 Å². The van der Waals surface area contributed by atoms with Crippen molar-refractivity contribution >= 4 is 19.9 Å². The second kappa shape index (κ2) is 7.61. The number of aryl methyl sites for hydroxylation is 1. The molecule has 1 aliphatic heterocycles. The molecule has 0 aliphatic carbocycles. The largest absolute Gasteiger partial charge is 0.497 e. The molecular weight excluding hydrogens is 386 g/mol. The van der Waals surface area contributed by atoms with Gasteiger partial charge in [0.15, 0.2) is 9.84 Å². The Morgan fingerprint density at radius 3 is 2.44 bits per heavy atom. The van der Waals surface area contributed by atoms with Gasteiger partial charge in [0.2, 0.25) is 10.0 Å². The molecule has 1 heterocycles. The molecule has 2 aromatic carbocycles.